The van der Waals surface area contributed by atoms with E-state index in [0.29, 0.717) is 24.2 Å². The fraction of sp³-hybridized carbons (Fsp3) is 0.294. The van der Waals surface area contributed by atoms with Gasteiger partial charge in [-0.15, -0.1) is 11.3 Å². The highest BCUT2D eigenvalue weighted by molar-refractivity contribution is 8.07. The van der Waals surface area contributed by atoms with Crippen molar-refractivity contribution in [3.8, 4) is 11.3 Å². The molecule has 0 amide bonds. The van der Waals surface area contributed by atoms with Crippen LogP contribution in [-0.2, 0) is 33.3 Å². The molecule has 49 heavy (non-hydrogen) atoms. The summed E-state index contributed by atoms with van der Waals surface area (Å²) in [5, 5.41) is 1.69. The Morgan fingerprint density at radius 2 is 1.45 bits per heavy atom. The van der Waals surface area contributed by atoms with Gasteiger partial charge >= 0.3 is 0 Å². The Morgan fingerprint density at radius 1 is 0.837 bits per heavy atom. The lowest BCUT2D eigenvalue weighted by Gasteiger charge is -2.23. The first-order valence-electron chi connectivity index (χ1n) is 15.6. The molecular formula is C34H38N3O7S5+. The summed E-state index contributed by atoms with van der Waals surface area (Å²) in [5.74, 6) is -0.720. The Labute approximate surface area is 298 Å². The molecule has 10 nitrogen and oxygen atoms in total. The van der Waals surface area contributed by atoms with Crippen LogP contribution in [0, 0.1) is 6.92 Å². The third-order valence-electron chi connectivity index (χ3n) is 7.79. The highest BCUT2D eigenvalue weighted by Crippen LogP contribution is 2.45. The van der Waals surface area contributed by atoms with Gasteiger partial charge in [0.15, 0.2) is 6.54 Å². The second-order valence-electron chi connectivity index (χ2n) is 11.3. The first-order chi connectivity index (χ1) is 23.3. The molecule has 0 fully saturated rings. The van der Waals surface area contributed by atoms with Crippen LogP contribution in [0.2, 0.25) is 0 Å². The second kappa shape index (κ2) is 15.7. The van der Waals surface area contributed by atoms with Crippen molar-refractivity contribution in [3.63, 3.8) is 0 Å². The maximum atomic E-state index is 13.7. The van der Waals surface area contributed by atoms with Gasteiger partial charge in [0.1, 0.15) is 4.66 Å². The van der Waals surface area contributed by atoms with Crippen molar-refractivity contribution in [2.45, 2.75) is 46.7 Å². The zero-order valence-corrected chi connectivity index (χ0v) is 31.4. The summed E-state index contributed by atoms with van der Waals surface area (Å²) in [7, 11) is -8.24. The van der Waals surface area contributed by atoms with Gasteiger partial charge in [0.2, 0.25) is 5.69 Å². The van der Waals surface area contributed by atoms with Crippen LogP contribution in [-0.4, -0.2) is 53.5 Å². The molecule has 15 heteroatoms. The first kappa shape index (κ1) is 37.0. The minimum Gasteiger partial charge on any atom is -0.335 e. The van der Waals surface area contributed by atoms with Gasteiger partial charge in [-0.1, -0.05) is 71.6 Å². The summed E-state index contributed by atoms with van der Waals surface area (Å²) < 4.78 is 69.7. The van der Waals surface area contributed by atoms with Crippen LogP contribution in [0.25, 0.3) is 29.1 Å². The molecule has 4 aromatic rings. The number of thioether (sulfide) groups is 1. The maximum Gasteiger partial charge on any atom is 0.269 e. The summed E-state index contributed by atoms with van der Waals surface area (Å²) in [5.41, 5.74) is 3.73. The van der Waals surface area contributed by atoms with Crippen LogP contribution in [0.4, 0.5) is 0 Å². The lowest BCUT2D eigenvalue weighted by atomic mass is 10.1. The van der Waals surface area contributed by atoms with E-state index in [1.807, 2.05) is 98.5 Å². The molecule has 0 radical (unpaired) electrons. The standard InChI is InChI=1S/C34H37N3O7S5/c1-4-35-30(23-31-37(20-12-22-49(42,43)44)33(25(3)46-31)27-15-9-6-10-16-27)47-28(34(35)38)17-18-29-36(19-11-21-48(39,40)41)32(24(2)45-29)26-13-7-5-8-14-26/h5-10,13-18,23H,4,11-12,19-22H2,1-3H3,(H-,39,40,41,42,43,44)/p+1. The van der Waals surface area contributed by atoms with Gasteiger partial charge in [-0.05, 0) is 57.0 Å². The molecule has 2 N–H and O–H groups in total. The summed E-state index contributed by atoms with van der Waals surface area (Å²) in [6.07, 6.45) is 6.08. The molecule has 0 atom stereocenters. The number of aryl methyl sites for hydroxylation is 1. The minimum absolute atomic E-state index is 0.140. The second-order valence-corrected chi connectivity index (χ2v) is 18.0. The van der Waals surface area contributed by atoms with Crippen LogP contribution >= 0.6 is 34.4 Å². The average Bonchev–Trinajstić information content (AvgIpc) is 3.64. The fourth-order valence-corrected chi connectivity index (χ4v) is 10.0. The number of allylic oxidation sites excluding steroid dienone is 2. The number of aromatic nitrogens is 2. The predicted octanol–water partition coefficient (Wildman–Crippen LogP) is 4.70. The SMILES string of the molecule is CCn1c(=O)c(=CC=C2SC(C)=C(c3ccccc3)N2CCCS(=O)(=O)O)s/c1=C\c1sc(C)c(-c2ccccc2)[n+]1CCCS(=O)(=O)O. The van der Waals surface area contributed by atoms with E-state index in [1.165, 1.54) is 11.3 Å². The topological polar surface area (TPSA) is 138 Å². The molecule has 0 aliphatic carbocycles. The lowest BCUT2D eigenvalue weighted by molar-refractivity contribution is -0.683. The van der Waals surface area contributed by atoms with Crippen LogP contribution in [0.1, 0.15) is 42.1 Å². The van der Waals surface area contributed by atoms with Crippen molar-refractivity contribution in [2.75, 3.05) is 18.1 Å². The van der Waals surface area contributed by atoms with Crippen molar-refractivity contribution in [1.29, 1.82) is 0 Å². The third-order valence-corrected chi connectivity index (χ3v) is 12.6. The van der Waals surface area contributed by atoms with Crippen LogP contribution in [0.5, 0.6) is 0 Å². The molecule has 1 aliphatic heterocycles. The highest BCUT2D eigenvalue weighted by Gasteiger charge is 2.27. The molecule has 3 heterocycles. The Kier molecular flexibility index (Phi) is 11.8. The normalized spacial score (nSPS) is 15.7. The fourth-order valence-electron chi connectivity index (χ4n) is 5.73. The number of benzene rings is 2. The lowest BCUT2D eigenvalue weighted by Crippen LogP contribution is -2.39. The van der Waals surface area contributed by atoms with E-state index in [-0.39, 0.29) is 29.9 Å². The molecule has 0 spiro atoms. The van der Waals surface area contributed by atoms with E-state index in [0.717, 1.165) is 47.0 Å². The van der Waals surface area contributed by atoms with Crippen LogP contribution in [0.15, 0.2) is 81.5 Å². The molecule has 0 saturated heterocycles. The van der Waals surface area contributed by atoms with E-state index in [1.54, 1.807) is 33.7 Å². The zero-order valence-electron chi connectivity index (χ0n) is 27.3. The maximum absolute atomic E-state index is 13.7. The number of thiazole rings is 2. The first-order valence-corrected chi connectivity index (χ1v) is 21.3. The minimum atomic E-state index is -4.12. The van der Waals surface area contributed by atoms with Crippen molar-refractivity contribution in [2.24, 2.45) is 0 Å². The van der Waals surface area contributed by atoms with Crippen molar-refractivity contribution >= 4 is 72.5 Å². The van der Waals surface area contributed by atoms with Crippen molar-refractivity contribution in [1.82, 2.24) is 9.47 Å². The average molecular weight is 761 g/mol. The van der Waals surface area contributed by atoms with Crippen molar-refractivity contribution < 1.29 is 30.5 Å². The molecule has 1 aliphatic rings. The monoisotopic (exact) mass is 760 g/mol. The number of hydrogen-bond donors (Lipinski definition) is 2. The van der Waals surface area contributed by atoms with Gasteiger partial charge in [0.05, 0.1) is 37.7 Å². The molecule has 260 valence electrons. The van der Waals surface area contributed by atoms with E-state index in [9.17, 15) is 30.7 Å². The van der Waals surface area contributed by atoms with Gasteiger partial charge in [0, 0.05) is 30.0 Å². The smallest absolute Gasteiger partial charge is 0.269 e. The molecule has 2 aromatic heterocycles. The molecule has 0 unspecified atom stereocenters. The van der Waals surface area contributed by atoms with Gasteiger partial charge in [-0.25, -0.2) is 0 Å². The quantitative estimate of drug-likeness (QED) is 0.147. The molecule has 0 saturated carbocycles. The van der Waals surface area contributed by atoms with Gasteiger partial charge < -0.3 is 4.90 Å². The Morgan fingerprint density at radius 3 is 2.06 bits per heavy atom. The van der Waals surface area contributed by atoms with E-state index >= 15 is 0 Å². The zero-order chi connectivity index (χ0) is 35.3. The highest BCUT2D eigenvalue weighted by atomic mass is 32.2. The largest absolute Gasteiger partial charge is 0.335 e. The van der Waals surface area contributed by atoms with Gasteiger partial charge in [0.25, 0.3) is 30.8 Å². The summed E-state index contributed by atoms with van der Waals surface area (Å²) >= 11 is 4.45. The van der Waals surface area contributed by atoms with E-state index in [2.05, 4.69) is 4.57 Å². The molecule has 5 rings (SSSR count). The molecular weight excluding hydrogens is 723 g/mol. The molecule has 0 bridgehead atoms. The molecule has 2 aromatic carbocycles. The van der Waals surface area contributed by atoms with E-state index < -0.39 is 20.2 Å². The Hall–Kier alpha value is -3.31. The van der Waals surface area contributed by atoms with Gasteiger partial charge in [-0.2, -0.15) is 21.4 Å². The number of hydrogen-bond acceptors (Lipinski definition) is 9. The predicted molar refractivity (Wildman–Crippen MR) is 200 cm³/mol. The number of nitrogens with zero attached hydrogens (tertiary/aromatic N) is 3. The van der Waals surface area contributed by atoms with Crippen LogP contribution in [0.3, 0.4) is 0 Å². The third kappa shape index (κ3) is 9.28. The number of rotatable bonds is 13. The Balaban J connectivity index is 1.57. The van der Waals surface area contributed by atoms with Gasteiger partial charge in [-0.3, -0.25) is 18.5 Å². The Bertz CT molecular complexity index is 2290. The van der Waals surface area contributed by atoms with Crippen molar-refractivity contribution in [3.05, 3.63) is 112 Å². The summed E-state index contributed by atoms with van der Waals surface area (Å²) in [6, 6.07) is 19.6. The summed E-state index contributed by atoms with van der Waals surface area (Å²) in [4.78, 5) is 17.8. The van der Waals surface area contributed by atoms with E-state index in [4.69, 9.17) is 0 Å². The summed E-state index contributed by atoms with van der Waals surface area (Å²) in [6.45, 7) is 7.08. The van der Waals surface area contributed by atoms with Crippen LogP contribution < -0.4 is 19.3 Å².